The van der Waals surface area contributed by atoms with Gasteiger partial charge in [-0.1, -0.05) is 0 Å². The van der Waals surface area contributed by atoms with Crippen molar-refractivity contribution in [1.82, 2.24) is 15.3 Å². The lowest BCUT2D eigenvalue weighted by molar-refractivity contribution is 0.483. The SMILES string of the molecule is CNC1CCCc2nc(=S)[nH]c(C)c21. The first-order valence-corrected chi connectivity index (χ1v) is 5.40. The van der Waals surface area contributed by atoms with Gasteiger partial charge in [0.2, 0.25) is 0 Å². The zero-order valence-electron chi connectivity index (χ0n) is 8.55. The molecular weight excluding hydrogens is 194 g/mol. The summed E-state index contributed by atoms with van der Waals surface area (Å²) < 4.78 is 0.609. The maximum atomic E-state index is 5.07. The van der Waals surface area contributed by atoms with E-state index in [9.17, 15) is 0 Å². The third kappa shape index (κ3) is 1.60. The molecule has 1 aromatic heterocycles. The lowest BCUT2D eigenvalue weighted by Gasteiger charge is -2.25. The molecule has 2 N–H and O–H groups in total. The fraction of sp³-hybridized carbons (Fsp3) is 0.600. The van der Waals surface area contributed by atoms with Gasteiger partial charge in [0.1, 0.15) is 0 Å². The number of aromatic amines is 1. The molecule has 14 heavy (non-hydrogen) atoms. The van der Waals surface area contributed by atoms with Crippen LogP contribution in [0.1, 0.15) is 35.8 Å². The van der Waals surface area contributed by atoms with Crippen LogP contribution >= 0.6 is 12.2 Å². The van der Waals surface area contributed by atoms with Crippen molar-refractivity contribution < 1.29 is 0 Å². The highest BCUT2D eigenvalue weighted by molar-refractivity contribution is 7.71. The molecule has 0 saturated carbocycles. The van der Waals surface area contributed by atoms with Crippen LogP contribution in [0.4, 0.5) is 0 Å². The molecule has 1 atom stereocenters. The van der Waals surface area contributed by atoms with Gasteiger partial charge >= 0.3 is 0 Å². The van der Waals surface area contributed by atoms with Crippen molar-refractivity contribution >= 4 is 12.2 Å². The molecule has 3 nitrogen and oxygen atoms in total. The average molecular weight is 209 g/mol. The predicted octanol–water partition coefficient (Wildman–Crippen LogP) is 2.04. The molecule has 0 spiro atoms. The summed E-state index contributed by atoms with van der Waals surface area (Å²) >= 11 is 5.07. The molecule has 0 aromatic carbocycles. The van der Waals surface area contributed by atoms with E-state index >= 15 is 0 Å². The highest BCUT2D eigenvalue weighted by atomic mass is 32.1. The van der Waals surface area contributed by atoms with E-state index in [1.54, 1.807) is 0 Å². The molecule has 1 heterocycles. The Hall–Kier alpha value is -0.740. The van der Waals surface area contributed by atoms with Crippen LogP contribution in [0.5, 0.6) is 0 Å². The summed E-state index contributed by atoms with van der Waals surface area (Å²) in [6.45, 7) is 2.08. The van der Waals surface area contributed by atoms with E-state index in [-0.39, 0.29) is 0 Å². The molecule has 0 radical (unpaired) electrons. The van der Waals surface area contributed by atoms with E-state index < -0.39 is 0 Å². The van der Waals surface area contributed by atoms with Crippen LogP contribution in [0.15, 0.2) is 0 Å². The molecule has 4 heteroatoms. The number of H-pyrrole nitrogens is 1. The molecule has 76 valence electrons. The molecule has 1 aliphatic rings. The van der Waals surface area contributed by atoms with E-state index in [0.29, 0.717) is 10.8 Å². The summed E-state index contributed by atoms with van der Waals surface area (Å²) in [5.41, 5.74) is 3.67. The van der Waals surface area contributed by atoms with Crippen molar-refractivity contribution in [1.29, 1.82) is 0 Å². The fourth-order valence-corrected chi connectivity index (χ4v) is 2.48. The Labute approximate surface area is 89.0 Å². The zero-order valence-corrected chi connectivity index (χ0v) is 9.37. The van der Waals surface area contributed by atoms with E-state index in [2.05, 4.69) is 22.2 Å². The van der Waals surface area contributed by atoms with Crippen LogP contribution in [-0.2, 0) is 6.42 Å². The van der Waals surface area contributed by atoms with Crippen LogP contribution in [0, 0.1) is 11.7 Å². The van der Waals surface area contributed by atoms with E-state index in [1.165, 1.54) is 29.8 Å². The number of hydrogen-bond donors (Lipinski definition) is 2. The largest absolute Gasteiger partial charge is 0.334 e. The van der Waals surface area contributed by atoms with Gasteiger partial charge in [0.25, 0.3) is 0 Å². The smallest absolute Gasteiger partial charge is 0.197 e. The molecule has 2 rings (SSSR count). The summed E-state index contributed by atoms with van der Waals surface area (Å²) in [7, 11) is 2.00. The first kappa shape index (κ1) is 9.80. The maximum Gasteiger partial charge on any atom is 0.197 e. The topological polar surface area (TPSA) is 40.7 Å². The molecule has 0 amide bonds. The number of aromatic nitrogens is 2. The van der Waals surface area contributed by atoms with Crippen LogP contribution in [0.25, 0.3) is 0 Å². The summed E-state index contributed by atoms with van der Waals surface area (Å²) in [6.07, 6.45) is 3.45. The standard InChI is InChI=1S/C10H15N3S/c1-6-9-7(11-2)4-3-5-8(9)13-10(14)12-6/h7,11H,3-5H2,1-2H3,(H,12,13,14). The fourth-order valence-electron chi connectivity index (χ4n) is 2.21. The Kier molecular flexibility index (Phi) is 2.65. The minimum atomic E-state index is 0.443. The number of fused-ring (bicyclic) bond motifs is 1. The normalized spacial score (nSPS) is 20.6. The van der Waals surface area contributed by atoms with E-state index in [1.807, 2.05) is 7.05 Å². The van der Waals surface area contributed by atoms with Gasteiger partial charge in [-0.2, -0.15) is 0 Å². The van der Waals surface area contributed by atoms with Gasteiger partial charge in [-0.05, 0) is 45.5 Å². The monoisotopic (exact) mass is 209 g/mol. The van der Waals surface area contributed by atoms with Gasteiger partial charge < -0.3 is 10.3 Å². The van der Waals surface area contributed by atoms with Crippen LogP contribution in [0.2, 0.25) is 0 Å². The van der Waals surface area contributed by atoms with Crippen molar-refractivity contribution in [2.24, 2.45) is 0 Å². The van der Waals surface area contributed by atoms with Crippen molar-refractivity contribution in [3.05, 3.63) is 21.7 Å². The zero-order chi connectivity index (χ0) is 10.1. The number of nitrogens with one attached hydrogen (secondary N) is 2. The third-order valence-electron chi connectivity index (χ3n) is 2.85. The minimum absolute atomic E-state index is 0.443. The van der Waals surface area contributed by atoms with Crippen molar-refractivity contribution in [2.45, 2.75) is 32.2 Å². The number of nitrogens with zero attached hydrogens (tertiary/aromatic N) is 1. The Bertz CT molecular complexity index is 397. The summed E-state index contributed by atoms with van der Waals surface area (Å²) in [5, 5.41) is 3.33. The molecule has 0 fully saturated rings. The first-order valence-electron chi connectivity index (χ1n) is 4.99. The van der Waals surface area contributed by atoms with Crippen LogP contribution < -0.4 is 5.32 Å². The van der Waals surface area contributed by atoms with E-state index in [0.717, 1.165) is 6.42 Å². The van der Waals surface area contributed by atoms with Gasteiger partial charge in [-0.15, -0.1) is 0 Å². The Morgan fingerprint density at radius 3 is 3.07 bits per heavy atom. The maximum absolute atomic E-state index is 5.07. The first-order chi connectivity index (χ1) is 6.72. The van der Waals surface area contributed by atoms with Crippen molar-refractivity contribution in [3.63, 3.8) is 0 Å². The Morgan fingerprint density at radius 2 is 2.36 bits per heavy atom. The summed E-state index contributed by atoms with van der Waals surface area (Å²) in [5.74, 6) is 0. The summed E-state index contributed by atoms with van der Waals surface area (Å²) in [4.78, 5) is 7.52. The Morgan fingerprint density at radius 1 is 1.57 bits per heavy atom. The van der Waals surface area contributed by atoms with Crippen LogP contribution in [0.3, 0.4) is 0 Å². The quantitative estimate of drug-likeness (QED) is 0.695. The van der Waals surface area contributed by atoms with Gasteiger partial charge in [-0.25, -0.2) is 4.98 Å². The molecule has 1 aromatic rings. The third-order valence-corrected chi connectivity index (χ3v) is 3.04. The van der Waals surface area contributed by atoms with Gasteiger partial charge in [-0.3, -0.25) is 0 Å². The lowest BCUT2D eigenvalue weighted by Crippen LogP contribution is -2.24. The average Bonchev–Trinajstić information content (AvgIpc) is 2.16. The second-order valence-corrected chi connectivity index (χ2v) is 4.15. The van der Waals surface area contributed by atoms with E-state index in [4.69, 9.17) is 12.2 Å². The summed E-state index contributed by atoms with van der Waals surface area (Å²) in [6, 6.07) is 0.443. The predicted molar refractivity (Wildman–Crippen MR) is 58.9 cm³/mol. The number of aryl methyl sites for hydroxylation is 2. The van der Waals surface area contributed by atoms with Gasteiger partial charge in [0.05, 0.1) is 5.69 Å². The highest BCUT2D eigenvalue weighted by Crippen LogP contribution is 2.29. The number of hydrogen-bond acceptors (Lipinski definition) is 3. The van der Waals surface area contributed by atoms with Gasteiger partial charge in [0, 0.05) is 17.3 Å². The van der Waals surface area contributed by atoms with Crippen molar-refractivity contribution in [3.8, 4) is 0 Å². The molecule has 1 unspecified atom stereocenters. The molecule has 1 aliphatic carbocycles. The van der Waals surface area contributed by atoms with Crippen molar-refractivity contribution in [2.75, 3.05) is 7.05 Å². The second kappa shape index (κ2) is 3.79. The molecule has 0 saturated heterocycles. The highest BCUT2D eigenvalue weighted by Gasteiger charge is 2.21. The molecule has 0 bridgehead atoms. The lowest BCUT2D eigenvalue weighted by atomic mass is 9.90. The number of rotatable bonds is 1. The minimum Gasteiger partial charge on any atom is -0.334 e. The molecule has 0 aliphatic heterocycles. The Balaban J connectivity index is 2.56. The van der Waals surface area contributed by atoms with Crippen LogP contribution in [-0.4, -0.2) is 17.0 Å². The molecular formula is C10H15N3S. The van der Waals surface area contributed by atoms with Gasteiger partial charge in [0.15, 0.2) is 4.77 Å². The second-order valence-electron chi connectivity index (χ2n) is 3.76.